The molecule has 1 fully saturated rings. The molecule has 0 aromatic heterocycles. The molecule has 1 saturated carbocycles. The van der Waals surface area contributed by atoms with Crippen molar-refractivity contribution in [2.75, 3.05) is 27.9 Å². The third-order valence-corrected chi connectivity index (χ3v) is 6.22. The number of nitrogens with one attached hydrogen (secondary N) is 1. The molecule has 2 aromatic rings. The lowest BCUT2D eigenvalue weighted by molar-refractivity contribution is 0.0893. The van der Waals surface area contributed by atoms with Gasteiger partial charge < -0.3 is 30.0 Å². The van der Waals surface area contributed by atoms with Gasteiger partial charge in [-0.25, -0.2) is 0 Å². The highest BCUT2D eigenvalue weighted by atomic mass is 16.5. The van der Waals surface area contributed by atoms with E-state index in [9.17, 15) is 4.79 Å². The fraction of sp³-hybridized carbons (Fsp3) is 0.500. The van der Waals surface area contributed by atoms with E-state index < -0.39 is 0 Å². The van der Waals surface area contributed by atoms with Crippen LogP contribution < -0.4 is 30.0 Å². The monoisotopic (exact) mass is 456 g/mol. The molecule has 1 aliphatic rings. The Bertz CT molecular complexity index is 935. The topological polar surface area (TPSA) is 92.0 Å². The lowest BCUT2D eigenvalue weighted by atomic mass is 9.92. The molecular formula is C26H36N2O5. The van der Waals surface area contributed by atoms with E-state index in [1.165, 1.54) is 34.2 Å². The predicted octanol–water partition coefficient (Wildman–Crippen LogP) is 4.85. The molecule has 0 radical (unpaired) electrons. The van der Waals surface area contributed by atoms with Crippen LogP contribution in [-0.4, -0.2) is 39.3 Å². The van der Waals surface area contributed by atoms with Gasteiger partial charge in [0.05, 0.1) is 26.9 Å². The number of nitrogens with two attached hydrogens (primary N) is 1. The summed E-state index contributed by atoms with van der Waals surface area (Å²) in [5.41, 5.74) is 6.85. The third-order valence-electron chi connectivity index (χ3n) is 6.22. The molecule has 0 unspecified atom stereocenters. The molecule has 0 heterocycles. The maximum absolute atomic E-state index is 13.4. The molecule has 3 N–H and O–H groups in total. The van der Waals surface area contributed by atoms with Crippen molar-refractivity contribution in [3.05, 3.63) is 41.5 Å². The molecule has 7 nitrogen and oxygen atoms in total. The highest BCUT2D eigenvalue weighted by Gasteiger charge is 2.31. The minimum absolute atomic E-state index is 0.222. The Kier molecular flexibility index (Phi) is 8.44. The van der Waals surface area contributed by atoms with Gasteiger partial charge in [0.1, 0.15) is 5.75 Å². The smallest absolute Gasteiger partial charge is 0.255 e. The van der Waals surface area contributed by atoms with Crippen molar-refractivity contribution in [2.24, 2.45) is 5.73 Å². The normalized spacial score (nSPS) is 15.3. The van der Waals surface area contributed by atoms with Crippen LogP contribution >= 0.6 is 0 Å². The minimum atomic E-state index is -0.258. The number of benzene rings is 2. The maximum Gasteiger partial charge on any atom is 0.255 e. The van der Waals surface area contributed by atoms with E-state index in [-0.39, 0.29) is 11.4 Å². The van der Waals surface area contributed by atoms with Gasteiger partial charge in [-0.15, -0.1) is 0 Å². The molecule has 0 bridgehead atoms. The van der Waals surface area contributed by atoms with E-state index in [1.807, 2.05) is 24.3 Å². The van der Waals surface area contributed by atoms with Gasteiger partial charge in [0.25, 0.3) is 5.91 Å². The second-order valence-electron chi connectivity index (χ2n) is 8.74. The summed E-state index contributed by atoms with van der Waals surface area (Å²) in [6.45, 7) is 2.70. The molecule has 0 saturated heterocycles. The number of carbonyl (C=O) groups excluding carboxylic acids is 1. The van der Waals surface area contributed by atoms with Crippen molar-refractivity contribution in [1.82, 2.24) is 5.32 Å². The molecule has 180 valence electrons. The first-order valence-corrected chi connectivity index (χ1v) is 11.6. The standard InChI is InChI=1S/C26H36N2O5/c1-26(14-7-5-6-8-15-26)28-25(29)20-17-21(23(31-3)24(32-4)22(20)30-2)33-19-11-9-18(10-12-19)13-16-27/h9-12,17H,5-8,13-16,27H2,1-4H3,(H,28,29). The Labute approximate surface area is 196 Å². The van der Waals surface area contributed by atoms with Gasteiger partial charge in [0.2, 0.25) is 11.5 Å². The average molecular weight is 457 g/mol. The van der Waals surface area contributed by atoms with Crippen molar-refractivity contribution in [3.63, 3.8) is 0 Å². The van der Waals surface area contributed by atoms with Crippen LogP contribution in [0.1, 0.15) is 61.4 Å². The average Bonchev–Trinajstić information content (AvgIpc) is 3.03. The summed E-state index contributed by atoms with van der Waals surface area (Å²) >= 11 is 0. The van der Waals surface area contributed by atoms with Crippen LogP contribution in [0.4, 0.5) is 0 Å². The van der Waals surface area contributed by atoms with Crippen LogP contribution in [0, 0.1) is 0 Å². The van der Waals surface area contributed by atoms with E-state index in [0.717, 1.165) is 37.7 Å². The Balaban J connectivity index is 1.97. The second-order valence-corrected chi connectivity index (χ2v) is 8.74. The summed E-state index contributed by atoms with van der Waals surface area (Å²) in [5, 5.41) is 3.24. The van der Waals surface area contributed by atoms with E-state index in [4.69, 9.17) is 24.7 Å². The van der Waals surface area contributed by atoms with E-state index >= 15 is 0 Å². The zero-order valence-corrected chi connectivity index (χ0v) is 20.2. The van der Waals surface area contributed by atoms with Crippen molar-refractivity contribution >= 4 is 5.91 Å². The van der Waals surface area contributed by atoms with Crippen molar-refractivity contribution in [1.29, 1.82) is 0 Å². The van der Waals surface area contributed by atoms with Gasteiger partial charge in [0, 0.05) is 11.6 Å². The maximum atomic E-state index is 13.4. The van der Waals surface area contributed by atoms with E-state index in [2.05, 4.69) is 12.2 Å². The molecule has 1 amide bonds. The van der Waals surface area contributed by atoms with E-state index in [1.54, 1.807) is 6.07 Å². The van der Waals surface area contributed by atoms with Gasteiger partial charge >= 0.3 is 0 Å². The van der Waals surface area contributed by atoms with Gasteiger partial charge in [-0.1, -0.05) is 37.8 Å². The third kappa shape index (κ3) is 5.90. The zero-order valence-electron chi connectivity index (χ0n) is 20.2. The fourth-order valence-electron chi connectivity index (χ4n) is 4.42. The fourth-order valence-corrected chi connectivity index (χ4v) is 4.42. The first-order chi connectivity index (χ1) is 15.9. The first kappa shape index (κ1) is 24.7. The number of amides is 1. The van der Waals surface area contributed by atoms with Crippen LogP contribution in [0.3, 0.4) is 0 Å². The molecule has 0 atom stereocenters. The predicted molar refractivity (Wildman–Crippen MR) is 129 cm³/mol. The summed E-state index contributed by atoms with van der Waals surface area (Å²) in [7, 11) is 4.55. The van der Waals surface area contributed by atoms with E-state index in [0.29, 0.717) is 40.9 Å². The van der Waals surface area contributed by atoms with Gasteiger partial charge in [-0.05, 0) is 50.4 Å². The molecular weight excluding hydrogens is 420 g/mol. The molecule has 2 aromatic carbocycles. The quantitative estimate of drug-likeness (QED) is 0.524. The van der Waals surface area contributed by atoms with Crippen LogP contribution in [-0.2, 0) is 6.42 Å². The van der Waals surface area contributed by atoms with Crippen LogP contribution in [0.25, 0.3) is 0 Å². The molecule has 1 aliphatic carbocycles. The second kappa shape index (κ2) is 11.3. The van der Waals surface area contributed by atoms with Gasteiger partial charge in [-0.2, -0.15) is 0 Å². The number of hydrogen-bond acceptors (Lipinski definition) is 6. The van der Waals surface area contributed by atoms with Gasteiger partial charge in [0.15, 0.2) is 11.5 Å². The summed E-state index contributed by atoms with van der Waals surface area (Å²) in [4.78, 5) is 13.4. The number of rotatable bonds is 9. The van der Waals surface area contributed by atoms with Crippen LogP contribution in [0.5, 0.6) is 28.7 Å². The summed E-state index contributed by atoms with van der Waals surface area (Å²) in [5.74, 6) is 1.75. The lowest BCUT2D eigenvalue weighted by Crippen LogP contribution is -2.45. The first-order valence-electron chi connectivity index (χ1n) is 11.6. The Morgan fingerprint density at radius 3 is 2.09 bits per heavy atom. The number of hydrogen-bond donors (Lipinski definition) is 2. The number of ether oxygens (including phenoxy) is 4. The molecule has 7 heteroatoms. The molecule has 33 heavy (non-hydrogen) atoms. The summed E-state index contributed by atoms with van der Waals surface area (Å²) in [6.07, 6.45) is 7.31. The van der Waals surface area contributed by atoms with Crippen LogP contribution in [0.2, 0.25) is 0 Å². The zero-order chi connectivity index (χ0) is 23.8. The Hall–Kier alpha value is -2.93. The summed E-state index contributed by atoms with van der Waals surface area (Å²) < 4.78 is 22.9. The highest BCUT2D eigenvalue weighted by molar-refractivity contribution is 5.99. The minimum Gasteiger partial charge on any atom is -0.492 e. The molecule has 0 spiro atoms. The van der Waals surface area contributed by atoms with Crippen molar-refractivity contribution in [2.45, 2.75) is 57.4 Å². The van der Waals surface area contributed by atoms with Crippen molar-refractivity contribution < 1.29 is 23.7 Å². The highest BCUT2D eigenvalue weighted by Crippen LogP contribution is 2.48. The molecule has 3 rings (SSSR count). The lowest BCUT2D eigenvalue weighted by Gasteiger charge is -2.30. The Morgan fingerprint density at radius 2 is 1.55 bits per heavy atom. The summed E-state index contributed by atoms with van der Waals surface area (Å²) in [6, 6.07) is 9.33. The number of carbonyl (C=O) groups is 1. The van der Waals surface area contributed by atoms with Crippen LogP contribution in [0.15, 0.2) is 30.3 Å². The SMILES string of the molecule is COc1c(Oc2ccc(CCN)cc2)cc(C(=O)NC2(C)CCCCCC2)c(OC)c1OC. The molecule has 0 aliphatic heterocycles. The number of methoxy groups -OCH3 is 3. The Morgan fingerprint density at radius 1 is 0.939 bits per heavy atom. The largest absolute Gasteiger partial charge is 0.492 e. The van der Waals surface area contributed by atoms with Gasteiger partial charge in [-0.3, -0.25) is 4.79 Å². The van der Waals surface area contributed by atoms with Crippen molar-refractivity contribution in [3.8, 4) is 28.7 Å².